The number of methoxy groups -OCH3 is 1. The Balaban J connectivity index is 3.67. The van der Waals surface area contributed by atoms with E-state index in [-0.39, 0.29) is 17.2 Å². The molecule has 0 rings (SSSR count). The predicted octanol–water partition coefficient (Wildman–Crippen LogP) is 1.40. The summed E-state index contributed by atoms with van der Waals surface area (Å²) in [6.07, 6.45) is 0.923. The molecule has 0 aromatic rings. The molecule has 78 valence electrons. The van der Waals surface area contributed by atoms with Crippen molar-refractivity contribution in [1.82, 2.24) is 5.32 Å². The summed E-state index contributed by atoms with van der Waals surface area (Å²) in [4.78, 5) is 10.9. The Labute approximate surface area is 84.8 Å². The van der Waals surface area contributed by atoms with E-state index in [4.69, 9.17) is 16.3 Å². The number of amides is 1. The standard InChI is InChI=1S/C9H18ClNO2/c1-9(2,4-5-13-3)7-11-8(12)6-10/h4-7H2,1-3H3,(H,11,12). The third-order valence-electron chi connectivity index (χ3n) is 1.87. The molecule has 0 aromatic heterocycles. The average molecular weight is 208 g/mol. The fourth-order valence-electron chi connectivity index (χ4n) is 0.852. The Morgan fingerprint density at radius 3 is 2.62 bits per heavy atom. The molecule has 0 fully saturated rings. The van der Waals surface area contributed by atoms with Crippen molar-refractivity contribution in [3.8, 4) is 0 Å². The number of carbonyl (C=O) groups is 1. The van der Waals surface area contributed by atoms with Gasteiger partial charge in [0, 0.05) is 20.3 Å². The Hall–Kier alpha value is -0.280. The van der Waals surface area contributed by atoms with Crippen LogP contribution in [0.25, 0.3) is 0 Å². The number of ether oxygens (including phenoxy) is 1. The van der Waals surface area contributed by atoms with E-state index >= 15 is 0 Å². The summed E-state index contributed by atoms with van der Waals surface area (Å²) >= 11 is 5.35. The van der Waals surface area contributed by atoms with Crippen molar-refractivity contribution in [3.63, 3.8) is 0 Å². The van der Waals surface area contributed by atoms with Crippen LogP contribution in [0.5, 0.6) is 0 Å². The Kier molecular flexibility index (Phi) is 6.08. The first-order valence-corrected chi connectivity index (χ1v) is 4.87. The molecule has 4 heteroatoms. The summed E-state index contributed by atoms with van der Waals surface area (Å²) in [5.41, 5.74) is 0.0672. The molecule has 0 bridgehead atoms. The van der Waals surface area contributed by atoms with Crippen molar-refractivity contribution in [2.24, 2.45) is 5.41 Å². The third kappa shape index (κ3) is 6.84. The molecule has 3 nitrogen and oxygen atoms in total. The summed E-state index contributed by atoms with van der Waals surface area (Å²) in [6, 6.07) is 0. The maximum absolute atomic E-state index is 10.9. The number of hydrogen-bond donors (Lipinski definition) is 1. The van der Waals surface area contributed by atoms with E-state index in [2.05, 4.69) is 19.2 Å². The molecule has 0 saturated carbocycles. The molecule has 13 heavy (non-hydrogen) atoms. The zero-order valence-corrected chi connectivity index (χ0v) is 9.28. The first-order valence-electron chi connectivity index (χ1n) is 4.33. The minimum atomic E-state index is -0.118. The average Bonchev–Trinajstić information content (AvgIpc) is 2.11. The highest BCUT2D eigenvalue weighted by molar-refractivity contribution is 6.27. The van der Waals surface area contributed by atoms with Crippen LogP contribution in [0.15, 0.2) is 0 Å². The Morgan fingerprint density at radius 1 is 1.54 bits per heavy atom. The summed E-state index contributed by atoms with van der Waals surface area (Å²) in [7, 11) is 1.67. The van der Waals surface area contributed by atoms with Gasteiger partial charge in [0.25, 0.3) is 0 Å². The molecule has 0 aromatic carbocycles. The zero-order chi connectivity index (χ0) is 10.3. The largest absolute Gasteiger partial charge is 0.385 e. The van der Waals surface area contributed by atoms with Crippen molar-refractivity contribution < 1.29 is 9.53 Å². The maximum Gasteiger partial charge on any atom is 0.234 e. The van der Waals surface area contributed by atoms with Gasteiger partial charge in [-0.15, -0.1) is 11.6 Å². The summed E-state index contributed by atoms with van der Waals surface area (Å²) in [5, 5.41) is 2.76. The summed E-state index contributed by atoms with van der Waals surface area (Å²) < 4.78 is 4.97. The fraction of sp³-hybridized carbons (Fsp3) is 0.889. The van der Waals surface area contributed by atoms with Gasteiger partial charge < -0.3 is 10.1 Å². The highest BCUT2D eigenvalue weighted by Gasteiger charge is 2.17. The van der Waals surface area contributed by atoms with Gasteiger partial charge >= 0.3 is 0 Å². The first-order chi connectivity index (χ1) is 6.02. The Morgan fingerprint density at radius 2 is 2.15 bits per heavy atom. The van der Waals surface area contributed by atoms with Gasteiger partial charge in [0.2, 0.25) is 5.91 Å². The molecule has 0 heterocycles. The van der Waals surface area contributed by atoms with Gasteiger partial charge in [-0.05, 0) is 11.8 Å². The number of rotatable bonds is 6. The number of hydrogen-bond acceptors (Lipinski definition) is 2. The molecule has 0 aliphatic rings. The second-order valence-corrected chi connectivity index (χ2v) is 4.08. The molecule has 1 amide bonds. The van der Waals surface area contributed by atoms with Crippen molar-refractivity contribution in [2.45, 2.75) is 20.3 Å². The van der Waals surface area contributed by atoms with Crippen LogP contribution in [-0.2, 0) is 9.53 Å². The lowest BCUT2D eigenvalue weighted by molar-refractivity contribution is -0.119. The van der Waals surface area contributed by atoms with E-state index in [1.165, 1.54) is 0 Å². The lowest BCUT2D eigenvalue weighted by atomic mass is 9.90. The van der Waals surface area contributed by atoms with Crippen molar-refractivity contribution in [3.05, 3.63) is 0 Å². The van der Waals surface area contributed by atoms with Crippen LogP contribution in [0.3, 0.4) is 0 Å². The highest BCUT2D eigenvalue weighted by Crippen LogP contribution is 2.18. The molecule has 0 radical (unpaired) electrons. The van der Waals surface area contributed by atoms with Crippen LogP contribution in [0.2, 0.25) is 0 Å². The van der Waals surface area contributed by atoms with E-state index in [1.807, 2.05) is 0 Å². The molecular formula is C9H18ClNO2. The number of halogens is 1. The monoisotopic (exact) mass is 207 g/mol. The summed E-state index contributed by atoms with van der Waals surface area (Å²) in [6.45, 7) is 5.52. The maximum atomic E-state index is 10.9. The van der Waals surface area contributed by atoms with Gasteiger partial charge in [-0.25, -0.2) is 0 Å². The van der Waals surface area contributed by atoms with Gasteiger partial charge in [0.1, 0.15) is 5.88 Å². The molecule has 0 spiro atoms. The van der Waals surface area contributed by atoms with Crippen molar-refractivity contribution in [1.29, 1.82) is 0 Å². The van der Waals surface area contributed by atoms with Gasteiger partial charge in [0.05, 0.1) is 0 Å². The van der Waals surface area contributed by atoms with E-state index in [0.29, 0.717) is 13.2 Å². The SMILES string of the molecule is COCCC(C)(C)CNC(=O)CCl. The third-order valence-corrected chi connectivity index (χ3v) is 2.11. The van der Waals surface area contributed by atoms with Crippen molar-refractivity contribution in [2.75, 3.05) is 26.1 Å². The van der Waals surface area contributed by atoms with E-state index < -0.39 is 0 Å². The molecule has 0 aliphatic heterocycles. The van der Waals surface area contributed by atoms with Gasteiger partial charge in [-0.1, -0.05) is 13.8 Å². The van der Waals surface area contributed by atoms with Crippen LogP contribution in [-0.4, -0.2) is 32.0 Å². The van der Waals surface area contributed by atoms with E-state index in [9.17, 15) is 4.79 Å². The fourth-order valence-corrected chi connectivity index (χ4v) is 0.946. The number of alkyl halides is 1. The number of carbonyl (C=O) groups excluding carboxylic acids is 1. The van der Waals surface area contributed by atoms with Gasteiger partial charge in [-0.2, -0.15) is 0 Å². The number of nitrogens with one attached hydrogen (secondary N) is 1. The molecule has 0 aliphatic carbocycles. The minimum Gasteiger partial charge on any atom is -0.385 e. The second kappa shape index (κ2) is 6.22. The summed E-state index contributed by atoms with van der Waals surface area (Å²) in [5.74, 6) is -0.0902. The van der Waals surface area contributed by atoms with E-state index in [1.54, 1.807) is 7.11 Å². The molecular weight excluding hydrogens is 190 g/mol. The topological polar surface area (TPSA) is 38.3 Å². The van der Waals surface area contributed by atoms with Crippen LogP contribution in [0.1, 0.15) is 20.3 Å². The lowest BCUT2D eigenvalue weighted by Gasteiger charge is -2.24. The minimum absolute atomic E-state index is 0.0281. The lowest BCUT2D eigenvalue weighted by Crippen LogP contribution is -2.35. The zero-order valence-electron chi connectivity index (χ0n) is 8.52. The van der Waals surface area contributed by atoms with Crippen LogP contribution < -0.4 is 5.32 Å². The van der Waals surface area contributed by atoms with Crippen LogP contribution in [0.4, 0.5) is 0 Å². The predicted molar refractivity (Wildman–Crippen MR) is 54.0 cm³/mol. The smallest absolute Gasteiger partial charge is 0.234 e. The normalized spacial score (nSPS) is 11.4. The second-order valence-electron chi connectivity index (χ2n) is 3.82. The molecule has 1 N–H and O–H groups in total. The van der Waals surface area contributed by atoms with Gasteiger partial charge in [0.15, 0.2) is 0 Å². The van der Waals surface area contributed by atoms with Crippen LogP contribution >= 0.6 is 11.6 Å². The van der Waals surface area contributed by atoms with Gasteiger partial charge in [-0.3, -0.25) is 4.79 Å². The highest BCUT2D eigenvalue weighted by atomic mass is 35.5. The molecule has 0 unspecified atom stereocenters. The quantitative estimate of drug-likeness (QED) is 0.669. The Bertz CT molecular complexity index is 160. The molecule has 0 atom stereocenters. The molecule has 0 saturated heterocycles. The first kappa shape index (κ1) is 12.7. The van der Waals surface area contributed by atoms with Crippen molar-refractivity contribution >= 4 is 17.5 Å². The van der Waals surface area contributed by atoms with Crippen LogP contribution in [0, 0.1) is 5.41 Å². The van der Waals surface area contributed by atoms with E-state index in [0.717, 1.165) is 6.42 Å².